The predicted molar refractivity (Wildman–Crippen MR) is 60.6 cm³/mol. The van der Waals surface area contributed by atoms with Crippen LogP contribution in [0.1, 0.15) is 17.6 Å². The summed E-state index contributed by atoms with van der Waals surface area (Å²) >= 11 is 1.67. The van der Waals surface area contributed by atoms with Crippen molar-refractivity contribution < 1.29 is 0 Å². The van der Waals surface area contributed by atoms with Gasteiger partial charge in [-0.05, 0) is 13.0 Å². The number of hydrogen-bond donors (Lipinski definition) is 1. The van der Waals surface area contributed by atoms with Crippen LogP contribution in [0.5, 0.6) is 0 Å². The van der Waals surface area contributed by atoms with E-state index in [-0.39, 0.29) is 0 Å². The van der Waals surface area contributed by atoms with Gasteiger partial charge in [-0.2, -0.15) is 5.10 Å². The zero-order valence-corrected chi connectivity index (χ0v) is 9.50. The number of nitrogens with one attached hydrogen (secondary N) is 1. The highest BCUT2D eigenvalue weighted by molar-refractivity contribution is 7.09. The monoisotopic (exact) mass is 222 g/mol. The highest BCUT2D eigenvalue weighted by Gasteiger charge is 2.00. The van der Waals surface area contributed by atoms with Crippen LogP contribution in [-0.4, -0.2) is 14.8 Å². The Bertz CT molecular complexity index is 393. The largest absolute Gasteiger partial charge is 0.305 e. The molecule has 15 heavy (non-hydrogen) atoms. The lowest BCUT2D eigenvalue weighted by Crippen LogP contribution is -2.15. The second kappa shape index (κ2) is 5.04. The molecule has 0 aliphatic carbocycles. The summed E-state index contributed by atoms with van der Waals surface area (Å²) in [5.41, 5.74) is 1.22. The summed E-state index contributed by atoms with van der Waals surface area (Å²) in [5, 5.41) is 10.7. The molecule has 0 aliphatic rings. The van der Waals surface area contributed by atoms with Crippen molar-refractivity contribution in [3.8, 4) is 0 Å². The summed E-state index contributed by atoms with van der Waals surface area (Å²) in [6, 6.07) is 2.04. The van der Waals surface area contributed by atoms with Crippen LogP contribution < -0.4 is 5.32 Å². The van der Waals surface area contributed by atoms with Crippen molar-refractivity contribution in [2.75, 3.05) is 0 Å². The van der Waals surface area contributed by atoms with Crippen LogP contribution >= 0.6 is 11.3 Å². The Kier molecular flexibility index (Phi) is 3.47. The summed E-state index contributed by atoms with van der Waals surface area (Å²) in [6.07, 6.45) is 3.67. The average Bonchev–Trinajstić information content (AvgIpc) is 2.88. The standard InChI is InChI=1S/C10H14N4S/c1-2-14-9(3-4-13-14)7-11-8-10-12-5-6-15-10/h3-6,11H,2,7-8H2,1H3. The number of aryl methyl sites for hydroxylation is 1. The maximum Gasteiger partial charge on any atom is 0.106 e. The smallest absolute Gasteiger partial charge is 0.106 e. The molecule has 4 nitrogen and oxygen atoms in total. The average molecular weight is 222 g/mol. The van der Waals surface area contributed by atoms with E-state index >= 15 is 0 Å². The molecule has 2 rings (SSSR count). The van der Waals surface area contributed by atoms with E-state index in [0.717, 1.165) is 24.6 Å². The Balaban J connectivity index is 1.83. The van der Waals surface area contributed by atoms with Gasteiger partial charge in [0.05, 0.1) is 5.69 Å². The molecule has 0 spiro atoms. The van der Waals surface area contributed by atoms with Crippen LogP contribution in [0, 0.1) is 0 Å². The number of hydrogen-bond acceptors (Lipinski definition) is 4. The molecule has 0 unspecified atom stereocenters. The van der Waals surface area contributed by atoms with Crippen molar-refractivity contribution in [2.24, 2.45) is 0 Å². The first-order valence-electron chi connectivity index (χ1n) is 5.00. The van der Waals surface area contributed by atoms with E-state index in [0.29, 0.717) is 0 Å². The molecular weight excluding hydrogens is 208 g/mol. The minimum atomic E-state index is 0.826. The van der Waals surface area contributed by atoms with Gasteiger partial charge in [0.1, 0.15) is 5.01 Å². The third kappa shape index (κ3) is 2.64. The van der Waals surface area contributed by atoms with Gasteiger partial charge >= 0.3 is 0 Å². The summed E-state index contributed by atoms with van der Waals surface area (Å²) in [4.78, 5) is 4.21. The number of nitrogens with zero attached hydrogens (tertiary/aromatic N) is 3. The molecular formula is C10H14N4S. The Morgan fingerprint density at radius 3 is 3.07 bits per heavy atom. The van der Waals surface area contributed by atoms with Crippen molar-refractivity contribution in [2.45, 2.75) is 26.6 Å². The summed E-state index contributed by atoms with van der Waals surface area (Å²) < 4.78 is 1.99. The zero-order chi connectivity index (χ0) is 10.5. The molecule has 1 N–H and O–H groups in total. The Morgan fingerprint density at radius 1 is 1.40 bits per heavy atom. The Labute approximate surface area is 93.0 Å². The lowest BCUT2D eigenvalue weighted by atomic mass is 10.4. The van der Waals surface area contributed by atoms with E-state index in [1.807, 2.05) is 28.5 Å². The fourth-order valence-corrected chi connectivity index (χ4v) is 2.02. The van der Waals surface area contributed by atoms with Gasteiger partial charge in [0.2, 0.25) is 0 Å². The SMILES string of the molecule is CCn1nccc1CNCc1nccs1. The van der Waals surface area contributed by atoms with Gasteiger partial charge in [0.25, 0.3) is 0 Å². The molecule has 0 bridgehead atoms. The number of rotatable bonds is 5. The molecule has 0 amide bonds. The molecule has 0 aliphatic heterocycles. The van der Waals surface area contributed by atoms with Crippen molar-refractivity contribution in [1.82, 2.24) is 20.1 Å². The van der Waals surface area contributed by atoms with Crippen LogP contribution in [-0.2, 0) is 19.6 Å². The Morgan fingerprint density at radius 2 is 2.33 bits per heavy atom. The highest BCUT2D eigenvalue weighted by Crippen LogP contribution is 2.04. The molecule has 0 saturated carbocycles. The maximum absolute atomic E-state index is 4.21. The molecule has 0 aromatic carbocycles. The second-order valence-electron chi connectivity index (χ2n) is 3.17. The van der Waals surface area contributed by atoms with Crippen molar-refractivity contribution in [3.05, 3.63) is 34.5 Å². The van der Waals surface area contributed by atoms with E-state index in [1.165, 1.54) is 5.69 Å². The van der Waals surface area contributed by atoms with Gasteiger partial charge in [-0.15, -0.1) is 11.3 Å². The molecule has 0 saturated heterocycles. The van der Waals surface area contributed by atoms with Gasteiger partial charge in [-0.1, -0.05) is 0 Å². The highest BCUT2D eigenvalue weighted by atomic mass is 32.1. The fraction of sp³-hybridized carbons (Fsp3) is 0.400. The zero-order valence-electron chi connectivity index (χ0n) is 8.68. The van der Waals surface area contributed by atoms with Gasteiger partial charge in [-0.25, -0.2) is 4.98 Å². The third-order valence-corrected chi connectivity index (χ3v) is 2.95. The molecule has 0 atom stereocenters. The molecule has 2 aromatic heterocycles. The first-order valence-corrected chi connectivity index (χ1v) is 5.88. The molecule has 0 radical (unpaired) electrons. The van der Waals surface area contributed by atoms with Gasteiger partial charge < -0.3 is 5.32 Å². The number of aromatic nitrogens is 3. The normalized spacial score (nSPS) is 10.7. The topological polar surface area (TPSA) is 42.7 Å². The van der Waals surface area contributed by atoms with E-state index in [2.05, 4.69) is 22.3 Å². The first kappa shape index (κ1) is 10.3. The summed E-state index contributed by atoms with van der Waals surface area (Å²) in [5.74, 6) is 0. The van der Waals surface area contributed by atoms with Crippen LogP contribution in [0.2, 0.25) is 0 Å². The number of thiazole rings is 1. The van der Waals surface area contributed by atoms with Crippen LogP contribution in [0.15, 0.2) is 23.8 Å². The maximum atomic E-state index is 4.21. The first-order chi connectivity index (χ1) is 7.40. The molecule has 2 heterocycles. The van der Waals surface area contributed by atoms with Crippen LogP contribution in [0.25, 0.3) is 0 Å². The van der Waals surface area contributed by atoms with Gasteiger partial charge in [0.15, 0.2) is 0 Å². The van der Waals surface area contributed by atoms with Crippen molar-refractivity contribution in [1.29, 1.82) is 0 Å². The minimum absolute atomic E-state index is 0.826. The van der Waals surface area contributed by atoms with E-state index in [4.69, 9.17) is 0 Å². The van der Waals surface area contributed by atoms with Crippen LogP contribution in [0.4, 0.5) is 0 Å². The molecule has 80 valence electrons. The van der Waals surface area contributed by atoms with E-state index < -0.39 is 0 Å². The fourth-order valence-electron chi connectivity index (χ4n) is 1.43. The summed E-state index contributed by atoms with van der Waals surface area (Å²) in [7, 11) is 0. The molecule has 2 aromatic rings. The molecule has 5 heteroatoms. The minimum Gasteiger partial charge on any atom is -0.305 e. The predicted octanol–water partition coefficient (Wildman–Crippen LogP) is 1.65. The quantitative estimate of drug-likeness (QED) is 0.836. The van der Waals surface area contributed by atoms with Gasteiger partial charge in [0, 0.05) is 37.4 Å². The lowest BCUT2D eigenvalue weighted by Gasteiger charge is -2.05. The van der Waals surface area contributed by atoms with Crippen molar-refractivity contribution in [3.63, 3.8) is 0 Å². The van der Waals surface area contributed by atoms with Crippen molar-refractivity contribution >= 4 is 11.3 Å². The Hall–Kier alpha value is -1.20. The third-order valence-electron chi connectivity index (χ3n) is 2.17. The second-order valence-corrected chi connectivity index (χ2v) is 4.15. The van der Waals surface area contributed by atoms with E-state index in [9.17, 15) is 0 Å². The summed E-state index contributed by atoms with van der Waals surface area (Å²) in [6.45, 7) is 4.68. The lowest BCUT2D eigenvalue weighted by molar-refractivity contribution is 0.581. The van der Waals surface area contributed by atoms with Crippen LogP contribution in [0.3, 0.4) is 0 Å². The molecule has 0 fully saturated rings. The van der Waals surface area contributed by atoms with Gasteiger partial charge in [-0.3, -0.25) is 4.68 Å². The van der Waals surface area contributed by atoms with E-state index in [1.54, 1.807) is 11.3 Å².